The van der Waals surface area contributed by atoms with E-state index in [2.05, 4.69) is 54.3 Å². The van der Waals surface area contributed by atoms with Crippen LogP contribution in [-0.2, 0) is 11.8 Å². The fourth-order valence-electron chi connectivity index (χ4n) is 2.14. The summed E-state index contributed by atoms with van der Waals surface area (Å²) in [5.74, 6) is 0.981. The lowest BCUT2D eigenvalue weighted by Gasteiger charge is -2.17. The quantitative estimate of drug-likeness (QED) is 0.923. The molecule has 1 heterocycles. The van der Waals surface area contributed by atoms with Crippen molar-refractivity contribution in [2.75, 3.05) is 12.3 Å². The average Bonchev–Trinajstić information content (AvgIpc) is 2.69. The number of hydrogen-bond donors (Lipinski definition) is 1. The third-order valence-corrected chi connectivity index (χ3v) is 3.20. The van der Waals surface area contributed by atoms with Crippen LogP contribution in [0.4, 0.5) is 5.95 Å². The number of aromatic nitrogens is 3. The minimum Gasteiger partial charge on any atom is -0.366 e. The van der Waals surface area contributed by atoms with Crippen LogP contribution in [0.1, 0.15) is 46.5 Å². The van der Waals surface area contributed by atoms with Crippen LogP contribution in [0.2, 0.25) is 0 Å². The van der Waals surface area contributed by atoms with E-state index in [1.165, 1.54) is 0 Å². The van der Waals surface area contributed by atoms with Gasteiger partial charge in [-0.2, -0.15) is 4.98 Å². The molecular formula is C17H28N4O. The van der Waals surface area contributed by atoms with Crippen LogP contribution >= 0.6 is 0 Å². The second kappa shape index (κ2) is 7.94. The highest BCUT2D eigenvalue weighted by atomic mass is 16.5. The molecule has 5 heteroatoms. The van der Waals surface area contributed by atoms with Crippen molar-refractivity contribution in [1.82, 2.24) is 14.8 Å². The molecule has 1 aromatic heterocycles. The molecule has 0 aromatic carbocycles. The van der Waals surface area contributed by atoms with Crippen LogP contribution < -0.4 is 5.73 Å². The average molecular weight is 304 g/mol. The summed E-state index contributed by atoms with van der Waals surface area (Å²) in [6.07, 6.45) is 10.3. The van der Waals surface area contributed by atoms with E-state index < -0.39 is 0 Å². The molecule has 0 saturated heterocycles. The lowest BCUT2D eigenvalue weighted by molar-refractivity contribution is 0.0820. The highest BCUT2D eigenvalue weighted by Gasteiger charge is 2.23. The van der Waals surface area contributed by atoms with Gasteiger partial charge in [0.1, 0.15) is 6.10 Å². The second-order valence-electron chi connectivity index (χ2n) is 5.47. The monoisotopic (exact) mass is 304 g/mol. The van der Waals surface area contributed by atoms with Gasteiger partial charge in [0, 0.05) is 19.1 Å². The van der Waals surface area contributed by atoms with E-state index in [4.69, 9.17) is 10.5 Å². The Kier molecular flexibility index (Phi) is 6.56. The summed E-state index contributed by atoms with van der Waals surface area (Å²) in [7, 11) is 1.82. The summed E-state index contributed by atoms with van der Waals surface area (Å²) in [5, 5.41) is 4.10. The Bertz CT molecular complexity index is 567. The zero-order valence-corrected chi connectivity index (χ0v) is 14.5. The predicted octanol–water partition coefficient (Wildman–Crippen LogP) is 3.58. The van der Waals surface area contributed by atoms with Gasteiger partial charge in [-0.25, -0.2) is 4.68 Å². The summed E-state index contributed by atoms with van der Waals surface area (Å²) < 4.78 is 7.52. The van der Waals surface area contributed by atoms with E-state index in [0.29, 0.717) is 12.4 Å². The third kappa shape index (κ3) is 4.56. The molecule has 1 aliphatic carbocycles. The first-order valence-corrected chi connectivity index (χ1v) is 7.79. The van der Waals surface area contributed by atoms with E-state index in [1.807, 2.05) is 27.8 Å². The number of anilines is 1. The molecule has 0 bridgehead atoms. The lowest BCUT2D eigenvalue weighted by atomic mass is 9.93. The fraction of sp³-hybridized carbons (Fsp3) is 0.529. The number of aryl methyl sites for hydroxylation is 1. The number of rotatable bonds is 4. The Morgan fingerprint density at radius 2 is 2.00 bits per heavy atom. The normalized spacial score (nSPS) is 17.3. The molecule has 0 aliphatic heterocycles. The van der Waals surface area contributed by atoms with E-state index in [0.717, 1.165) is 5.57 Å². The summed E-state index contributed by atoms with van der Waals surface area (Å²) >= 11 is 0. The summed E-state index contributed by atoms with van der Waals surface area (Å²) in [6, 6.07) is 0. The van der Waals surface area contributed by atoms with Crippen molar-refractivity contribution in [2.45, 2.75) is 40.7 Å². The standard InChI is InChI=1S/C15H22N4O.C2H6/c1-5-20-12(13-17-14(16)18-19(13)4)11-7-6-9-15(2,3)10-8-11;1-2/h6-10,12H,5H2,1-4H3,(H2,16,18);1-2H3. The number of nitrogens with zero attached hydrogens (tertiary/aromatic N) is 3. The summed E-state index contributed by atoms with van der Waals surface area (Å²) in [5.41, 5.74) is 6.75. The number of nitrogen functional groups attached to an aromatic ring is 1. The van der Waals surface area contributed by atoms with Gasteiger partial charge in [-0.15, -0.1) is 5.10 Å². The van der Waals surface area contributed by atoms with Gasteiger partial charge in [0.15, 0.2) is 5.82 Å². The molecule has 0 saturated carbocycles. The van der Waals surface area contributed by atoms with Crippen LogP contribution in [0.5, 0.6) is 0 Å². The summed E-state index contributed by atoms with van der Waals surface area (Å²) in [4.78, 5) is 4.28. The number of allylic oxidation sites excluding steroid dienone is 4. The molecule has 5 nitrogen and oxygen atoms in total. The first kappa shape index (κ1) is 18.2. The number of nitrogens with two attached hydrogens (primary N) is 1. The van der Waals surface area contributed by atoms with Gasteiger partial charge < -0.3 is 10.5 Å². The highest BCUT2D eigenvalue weighted by Crippen LogP contribution is 2.30. The molecule has 1 unspecified atom stereocenters. The van der Waals surface area contributed by atoms with Crippen LogP contribution in [0.3, 0.4) is 0 Å². The van der Waals surface area contributed by atoms with Crippen molar-refractivity contribution < 1.29 is 4.74 Å². The molecule has 1 aliphatic rings. The predicted molar refractivity (Wildman–Crippen MR) is 91.3 cm³/mol. The van der Waals surface area contributed by atoms with Crippen molar-refractivity contribution in [3.8, 4) is 0 Å². The minimum absolute atomic E-state index is 0.0356. The second-order valence-corrected chi connectivity index (χ2v) is 5.47. The maximum atomic E-state index is 5.85. The van der Waals surface area contributed by atoms with E-state index in [-0.39, 0.29) is 17.5 Å². The van der Waals surface area contributed by atoms with Gasteiger partial charge in [-0.05, 0) is 12.5 Å². The Hall–Kier alpha value is -1.88. The van der Waals surface area contributed by atoms with Gasteiger partial charge >= 0.3 is 0 Å². The Morgan fingerprint density at radius 3 is 2.55 bits per heavy atom. The fourth-order valence-corrected chi connectivity index (χ4v) is 2.14. The van der Waals surface area contributed by atoms with E-state index >= 15 is 0 Å². The molecule has 0 spiro atoms. The van der Waals surface area contributed by atoms with Crippen molar-refractivity contribution in [3.63, 3.8) is 0 Å². The van der Waals surface area contributed by atoms with Gasteiger partial charge in [0.25, 0.3) is 0 Å². The van der Waals surface area contributed by atoms with Crippen LogP contribution in [0.15, 0.2) is 36.0 Å². The number of ether oxygens (including phenoxy) is 1. The molecule has 22 heavy (non-hydrogen) atoms. The number of hydrogen-bond acceptors (Lipinski definition) is 4. The Labute approximate surface area is 133 Å². The van der Waals surface area contributed by atoms with E-state index in [1.54, 1.807) is 4.68 Å². The lowest BCUT2D eigenvalue weighted by Crippen LogP contribution is -2.13. The Balaban J connectivity index is 0.00000116. The highest BCUT2D eigenvalue weighted by molar-refractivity contribution is 5.36. The molecule has 0 fully saturated rings. The minimum atomic E-state index is -0.260. The van der Waals surface area contributed by atoms with E-state index in [9.17, 15) is 0 Å². The molecule has 122 valence electrons. The Morgan fingerprint density at radius 1 is 1.32 bits per heavy atom. The zero-order valence-electron chi connectivity index (χ0n) is 14.5. The van der Waals surface area contributed by atoms with Gasteiger partial charge in [0.05, 0.1) is 0 Å². The maximum Gasteiger partial charge on any atom is 0.239 e. The van der Waals surface area contributed by atoms with Crippen LogP contribution in [0, 0.1) is 5.41 Å². The SMILES string of the molecule is CC.CCOC(C1=CC=CC(C)(C)C=C1)c1nc(N)nn1C. The third-order valence-electron chi connectivity index (χ3n) is 3.20. The van der Waals surface area contributed by atoms with Crippen molar-refractivity contribution >= 4 is 5.95 Å². The smallest absolute Gasteiger partial charge is 0.239 e. The van der Waals surface area contributed by atoms with Gasteiger partial charge in [-0.1, -0.05) is 58.1 Å². The topological polar surface area (TPSA) is 66.0 Å². The first-order chi connectivity index (χ1) is 10.4. The molecule has 0 amide bonds. The molecule has 1 aromatic rings. The molecule has 2 rings (SSSR count). The van der Waals surface area contributed by atoms with Gasteiger partial charge in [-0.3, -0.25) is 0 Å². The van der Waals surface area contributed by atoms with Crippen molar-refractivity contribution in [1.29, 1.82) is 0 Å². The largest absolute Gasteiger partial charge is 0.366 e. The molecule has 1 atom stereocenters. The first-order valence-electron chi connectivity index (χ1n) is 7.79. The van der Waals surface area contributed by atoms with Crippen molar-refractivity contribution in [3.05, 3.63) is 41.8 Å². The maximum absolute atomic E-state index is 5.85. The van der Waals surface area contributed by atoms with Gasteiger partial charge in [0.2, 0.25) is 5.95 Å². The summed E-state index contributed by atoms with van der Waals surface area (Å²) in [6.45, 7) is 10.9. The zero-order chi connectivity index (χ0) is 16.8. The molecule has 2 N–H and O–H groups in total. The molecular weight excluding hydrogens is 276 g/mol. The molecule has 0 radical (unpaired) electrons. The van der Waals surface area contributed by atoms with Crippen LogP contribution in [0.25, 0.3) is 0 Å². The van der Waals surface area contributed by atoms with Crippen molar-refractivity contribution in [2.24, 2.45) is 12.5 Å². The van der Waals surface area contributed by atoms with Crippen LogP contribution in [-0.4, -0.2) is 21.4 Å².